The number of pyridine rings is 1. The zero-order valence-corrected chi connectivity index (χ0v) is 16.8. The number of rotatable bonds is 7. The zero-order chi connectivity index (χ0) is 21.0. The molecule has 1 unspecified atom stereocenters. The highest BCUT2D eigenvalue weighted by Gasteiger charge is 2.45. The van der Waals surface area contributed by atoms with Crippen LogP contribution in [0.4, 0.5) is 0 Å². The summed E-state index contributed by atoms with van der Waals surface area (Å²) in [5.41, 5.74) is 1.17. The van der Waals surface area contributed by atoms with Crippen molar-refractivity contribution >= 4 is 17.4 Å². The molecule has 2 aromatic rings. The molecular weight excluding hydrogens is 370 g/mol. The third-order valence-corrected chi connectivity index (χ3v) is 4.89. The van der Waals surface area contributed by atoms with E-state index in [4.69, 9.17) is 4.74 Å². The smallest absolute Gasteiger partial charge is 0.295 e. The second-order valence-corrected chi connectivity index (χ2v) is 7.17. The van der Waals surface area contributed by atoms with E-state index < -0.39 is 17.7 Å². The molecule has 0 radical (unpaired) electrons. The van der Waals surface area contributed by atoms with Gasteiger partial charge in [-0.15, -0.1) is 0 Å². The summed E-state index contributed by atoms with van der Waals surface area (Å²) in [6, 6.07) is 9.65. The molecule has 1 aromatic carbocycles. The maximum Gasteiger partial charge on any atom is 0.295 e. The Kier molecular flexibility index (Phi) is 6.29. The molecule has 1 fully saturated rings. The molecule has 1 amide bonds. The fourth-order valence-electron chi connectivity index (χ4n) is 3.48. The number of ketones is 1. The van der Waals surface area contributed by atoms with Gasteiger partial charge in [0.25, 0.3) is 11.7 Å². The highest BCUT2D eigenvalue weighted by Crippen LogP contribution is 2.39. The van der Waals surface area contributed by atoms with Crippen molar-refractivity contribution in [2.45, 2.75) is 12.5 Å². The molecule has 7 nitrogen and oxygen atoms in total. The first kappa shape index (κ1) is 20.5. The van der Waals surface area contributed by atoms with Crippen molar-refractivity contribution < 1.29 is 19.4 Å². The second-order valence-electron chi connectivity index (χ2n) is 7.17. The summed E-state index contributed by atoms with van der Waals surface area (Å²) in [5, 5.41) is 11.0. The first-order valence-electron chi connectivity index (χ1n) is 9.41. The van der Waals surface area contributed by atoms with E-state index in [9.17, 15) is 14.7 Å². The first-order chi connectivity index (χ1) is 13.9. The monoisotopic (exact) mass is 395 g/mol. The number of carbonyl (C=O) groups excluding carboxylic acids is 2. The van der Waals surface area contributed by atoms with Crippen LogP contribution in [-0.4, -0.2) is 65.9 Å². The molecule has 3 rings (SSSR count). The number of nitrogens with zero attached hydrogens (tertiary/aromatic N) is 3. The number of likely N-dealkylation sites (tertiary alicyclic amines) is 1. The van der Waals surface area contributed by atoms with Crippen LogP contribution in [0, 0.1) is 0 Å². The number of benzene rings is 1. The normalized spacial score (nSPS) is 18.5. The van der Waals surface area contributed by atoms with Crippen LogP contribution in [0.5, 0.6) is 5.75 Å². The van der Waals surface area contributed by atoms with Crippen LogP contribution in [0.1, 0.15) is 23.6 Å². The van der Waals surface area contributed by atoms with Crippen molar-refractivity contribution in [1.29, 1.82) is 0 Å². The fourth-order valence-corrected chi connectivity index (χ4v) is 3.48. The summed E-state index contributed by atoms with van der Waals surface area (Å²) >= 11 is 0. The summed E-state index contributed by atoms with van der Waals surface area (Å²) in [6.07, 6.45) is 3.95. The van der Waals surface area contributed by atoms with Gasteiger partial charge in [0.1, 0.15) is 11.5 Å². The topological polar surface area (TPSA) is 83.0 Å². The van der Waals surface area contributed by atoms with E-state index in [-0.39, 0.29) is 11.3 Å². The Bertz CT molecular complexity index is 925. The Morgan fingerprint density at radius 2 is 2.03 bits per heavy atom. The molecule has 7 heteroatoms. The largest absolute Gasteiger partial charge is 0.507 e. The van der Waals surface area contributed by atoms with Gasteiger partial charge in [0.2, 0.25) is 0 Å². The van der Waals surface area contributed by atoms with Crippen LogP contribution >= 0.6 is 0 Å². The number of aliphatic hydroxyl groups is 1. The number of hydrogen-bond donors (Lipinski definition) is 1. The van der Waals surface area contributed by atoms with E-state index in [1.54, 1.807) is 48.8 Å². The molecule has 29 heavy (non-hydrogen) atoms. The lowest BCUT2D eigenvalue weighted by atomic mass is 9.96. The Balaban J connectivity index is 2.07. The molecule has 1 N–H and O–H groups in total. The van der Waals surface area contributed by atoms with Crippen LogP contribution < -0.4 is 4.74 Å². The molecule has 1 atom stereocenters. The second kappa shape index (κ2) is 8.87. The number of amides is 1. The average Bonchev–Trinajstić information content (AvgIpc) is 2.98. The number of aliphatic hydroxyl groups excluding tert-OH is 1. The number of carbonyl (C=O) groups is 2. The highest BCUT2D eigenvalue weighted by atomic mass is 16.5. The van der Waals surface area contributed by atoms with Crippen molar-refractivity contribution in [3.63, 3.8) is 0 Å². The Hall–Kier alpha value is -3.19. The van der Waals surface area contributed by atoms with Crippen molar-refractivity contribution in [1.82, 2.24) is 14.8 Å². The summed E-state index contributed by atoms with van der Waals surface area (Å²) in [6.45, 7) is 1.18. The molecule has 1 aliphatic rings. The molecule has 1 aromatic heterocycles. The van der Waals surface area contributed by atoms with E-state index in [0.29, 0.717) is 29.8 Å². The van der Waals surface area contributed by atoms with Gasteiger partial charge in [-0.3, -0.25) is 14.6 Å². The van der Waals surface area contributed by atoms with Gasteiger partial charge in [-0.1, -0.05) is 18.2 Å². The highest BCUT2D eigenvalue weighted by molar-refractivity contribution is 6.46. The van der Waals surface area contributed by atoms with Gasteiger partial charge in [-0.2, -0.15) is 0 Å². The third-order valence-electron chi connectivity index (χ3n) is 4.89. The van der Waals surface area contributed by atoms with Crippen molar-refractivity contribution in [2.75, 3.05) is 34.3 Å². The number of Topliss-reactive ketones (excluding diaryl/α,β-unsaturated/α-hetero) is 1. The van der Waals surface area contributed by atoms with Crippen LogP contribution in [0.3, 0.4) is 0 Å². The molecule has 0 bridgehead atoms. The molecule has 0 spiro atoms. The Morgan fingerprint density at radius 1 is 1.24 bits per heavy atom. The van der Waals surface area contributed by atoms with Crippen molar-refractivity contribution in [3.8, 4) is 5.75 Å². The maximum absolute atomic E-state index is 12.9. The van der Waals surface area contributed by atoms with E-state index in [0.717, 1.165) is 6.54 Å². The minimum atomic E-state index is -0.691. The number of aromatic nitrogens is 1. The summed E-state index contributed by atoms with van der Waals surface area (Å²) < 4.78 is 5.21. The quantitative estimate of drug-likeness (QED) is 0.441. The number of ether oxygens (including phenoxy) is 1. The van der Waals surface area contributed by atoms with Gasteiger partial charge < -0.3 is 19.6 Å². The predicted molar refractivity (Wildman–Crippen MR) is 109 cm³/mol. The van der Waals surface area contributed by atoms with Crippen LogP contribution in [-0.2, 0) is 9.59 Å². The van der Waals surface area contributed by atoms with E-state index >= 15 is 0 Å². The van der Waals surface area contributed by atoms with Crippen molar-refractivity contribution in [3.05, 3.63) is 65.5 Å². The SMILES string of the molecule is COc1cccc(/C(O)=C2/C(=O)C(=O)N(CCCN(C)C)C2c2cccnc2)c1. The van der Waals surface area contributed by atoms with Crippen molar-refractivity contribution in [2.24, 2.45) is 0 Å². The van der Waals surface area contributed by atoms with E-state index in [1.165, 1.54) is 12.0 Å². The van der Waals surface area contributed by atoms with Crippen LogP contribution in [0.15, 0.2) is 54.4 Å². The van der Waals surface area contributed by atoms with Crippen LogP contribution in [0.2, 0.25) is 0 Å². The van der Waals surface area contributed by atoms with E-state index in [1.807, 2.05) is 19.0 Å². The molecule has 1 aliphatic heterocycles. The average molecular weight is 395 g/mol. The lowest BCUT2D eigenvalue weighted by Crippen LogP contribution is -2.32. The lowest BCUT2D eigenvalue weighted by Gasteiger charge is -2.25. The van der Waals surface area contributed by atoms with Gasteiger partial charge in [0.05, 0.1) is 18.7 Å². The zero-order valence-electron chi connectivity index (χ0n) is 16.8. The number of hydrogen-bond acceptors (Lipinski definition) is 6. The van der Waals surface area contributed by atoms with Crippen LogP contribution in [0.25, 0.3) is 5.76 Å². The molecule has 1 saturated heterocycles. The lowest BCUT2D eigenvalue weighted by molar-refractivity contribution is -0.139. The summed E-state index contributed by atoms with van der Waals surface area (Å²) in [7, 11) is 5.43. The summed E-state index contributed by atoms with van der Waals surface area (Å²) in [5.74, 6) is -0.968. The standard InChI is InChI=1S/C22H25N3O4/c1-24(2)11-6-12-25-19(16-8-5-10-23-14-16)18(21(27)22(25)28)20(26)15-7-4-9-17(13-15)29-3/h4-5,7-10,13-14,19,26H,6,11-12H2,1-3H3/b20-18-. The van der Waals surface area contributed by atoms with E-state index in [2.05, 4.69) is 4.98 Å². The summed E-state index contributed by atoms with van der Waals surface area (Å²) in [4.78, 5) is 33.4. The first-order valence-corrected chi connectivity index (χ1v) is 9.41. The number of methoxy groups -OCH3 is 1. The van der Waals surface area contributed by atoms with Gasteiger partial charge in [0.15, 0.2) is 0 Å². The van der Waals surface area contributed by atoms with Gasteiger partial charge in [-0.05, 0) is 50.8 Å². The minimum Gasteiger partial charge on any atom is -0.507 e. The Labute approximate surface area is 170 Å². The molecule has 2 heterocycles. The Morgan fingerprint density at radius 3 is 2.69 bits per heavy atom. The van der Waals surface area contributed by atoms with Gasteiger partial charge in [0, 0.05) is 24.5 Å². The molecule has 152 valence electrons. The molecular formula is C22H25N3O4. The molecule has 0 aliphatic carbocycles. The third kappa shape index (κ3) is 4.30. The molecule has 0 saturated carbocycles. The van der Waals surface area contributed by atoms with Gasteiger partial charge >= 0.3 is 0 Å². The maximum atomic E-state index is 12.9. The van der Waals surface area contributed by atoms with Gasteiger partial charge in [-0.25, -0.2) is 0 Å². The minimum absolute atomic E-state index is 0.0705. The fraction of sp³-hybridized carbons (Fsp3) is 0.318. The predicted octanol–water partition coefficient (Wildman–Crippen LogP) is 2.46.